The average molecular weight is 449 g/mol. The van der Waals surface area contributed by atoms with Crippen LogP contribution >= 0.6 is 0 Å². The molecule has 0 unspecified atom stereocenters. The second-order valence-electron chi connectivity index (χ2n) is 9.07. The Hall–Kier alpha value is -3.86. The lowest BCUT2D eigenvalue weighted by Crippen LogP contribution is -2.22. The van der Waals surface area contributed by atoms with Gasteiger partial charge in [-0.1, -0.05) is 55.7 Å². The van der Waals surface area contributed by atoms with Crippen LogP contribution in [0.2, 0.25) is 0 Å². The Bertz CT molecular complexity index is 1470. The van der Waals surface area contributed by atoms with Gasteiger partial charge in [0.2, 0.25) is 0 Å². The molecular weight excluding hydrogens is 420 g/mol. The van der Waals surface area contributed by atoms with Gasteiger partial charge < -0.3 is 10.1 Å². The first-order chi connectivity index (χ1) is 16.8. The molecule has 0 aliphatic heterocycles. The fourth-order valence-corrected chi connectivity index (χ4v) is 5.06. The van der Waals surface area contributed by atoms with Crippen LogP contribution in [0, 0.1) is 0 Å². The second-order valence-corrected chi connectivity index (χ2v) is 9.07. The molecule has 0 saturated heterocycles. The number of hydrogen-bond donors (Lipinski definition) is 1. The summed E-state index contributed by atoms with van der Waals surface area (Å²) in [6.45, 7) is 0. The van der Waals surface area contributed by atoms with Crippen LogP contribution in [0.4, 0.5) is 5.82 Å². The standard InChI is InChI=1S/C29H28N4O/c1-34-25-13-14-27-26(19-25)32-29(22-12-11-20-7-5-6-8-21(20)17-22)33(27)24-15-16-30-28(18-24)31-23-9-3-2-4-10-23/h5-8,11-19,23H,2-4,9-10H2,1H3,(H,30,31). The van der Waals surface area contributed by atoms with Crippen LogP contribution in [0.3, 0.4) is 0 Å². The Kier molecular flexibility index (Phi) is 5.38. The number of imidazole rings is 1. The zero-order valence-electron chi connectivity index (χ0n) is 19.4. The van der Waals surface area contributed by atoms with Crippen LogP contribution in [0.15, 0.2) is 79.0 Å². The number of anilines is 1. The van der Waals surface area contributed by atoms with Crippen molar-refractivity contribution < 1.29 is 4.74 Å². The summed E-state index contributed by atoms with van der Waals surface area (Å²) >= 11 is 0. The van der Waals surface area contributed by atoms with Crippen molar-refractivity contribution in [3.8, 4) is 22.8 Å². The van der Waals surface area contributed by atoms with Crippen molar-refractivity contribution in [2.75, 3.05) is 12.4 Å². The molecule has 2 aromatic heterocycles. The van der Waals surface area contributed by atoms with E-state index in [9.17, 15) is 0 Å². The number of benzene rings is 3. The minimum Gasteiger partial charge on any atom is -0.497 e. The van der Waals surface area contributed by atoms with E-state index in [0.29, 0.717) is 6.04 Å². The Balaban J connectivity index is 1.49. The maximum absolute atomic E-state index is 5.47. The summed E-state index contributed by atoms with van der Waals surface area (Å²) in [5.74, 6) is 2.63. The van der Waals surface area contributed by atoms with Crippen LogP contribution in [-0.4, -0.2) is 27.7 Å². The number of aromatic nitrogens is 3. The minimum atomic E-state index is 0.500. The molecule has 0 atom stereocenters. The van der Waals surface area contributed by atoms with Gasteiger partial charge in [-0.25, -0.2) is 9.97 Å². The van der Waals surface area contributed by atoms with Crippen LogP contribution < -0.4 is 10.1 Å². The first-order valence-electron chi connectivity index (χ1n) is 12.1. The zero-order valence-corrected chi connectivity index (χ0v) is 19.4. The molecule has 2 heterocycles. The topological polar surface area (TPSA) is 52.0 Å². The van der Waals surface area contributed by atoms with Crippen LogP contribution in [-0.2, 0) is 0 Å². The highest BCUT2D eigenvalue weighted by Crippen LogP contribution is 2.33. The SMILES string of the molecule is COc1ccc2c(c1)nc(-c1ccc3ccccc3c1)n2-c1ccnc(NC2CCCCC2)c1. The van der Waals surface area contributed by atoms with Gasteiger partial charge in [-0.15, -0.1) is 0 Å². The molecular formula is C29H28N4O. The summed E-state index contributed by atoms with van der Waals surface area (Å²) in [7, 11) is 1.69. The van der Waals surface area contributed by atoms with E-state index in [1.54, 1.807) is 7.11 Å². The van der Waals surface area contributed by atoms with Crippen molar-refractivity contribution in [1.82, 2.24) is 14.5 Å². The number of nitrogens with one attached hydrogen (secondary N) is 1. The summed E-state index contributed by atoms with van der Waals surface area (Å²) in [4.78, 5) is 9.69. The van der Waals surface area contributed by atoms with Crippen LogP contribution in [0.5, 0.6) is 5.75 Å². The van der Waals surface area contributed by atoms with E-state index in [2.05, 4.69) is 75.5 Å². The van der Waals surface area contributed by atoms with Gasteiger partial charge in [-0.2, -0.15) is 0 Å². The first-order valence-corrected chi connectivity index (χ1v) is 12.1. The minimum absolute atomic E-state index is 0.500. The monoisotopic (exact) mass is 448 g/mol. The molecule has 1 saturated carbocycles. The van der Waals surface area contributed by atoms with Crippen LogP contribution in [0.25, 0.3) is 38.9 Å². The van der Waals surface area contributed by atoms with Crippen molar-refractivity contribution in [2.45, 2.75) is 38.1 Å². The van der Waals surface area contributed by atoms with E-state index < -0.39 is 0 Å². The van der Waals surface area contributed by atoms with E-state index in [-0.39, 0.29) is 0 Å². The number of hydrogen-bond acceptors (Lipinski definition) is 4. The maximum atomic E-state index is 5.47. The maximum Gasteiger partial charge on any atom is 0.145 e. The summed E-state index contributed by atoms with van der Waals surface area (Å²) in [5, 5.41) is 6.09. The molecule has 5 heteroatoms. The van der Waals surface area contributed by atoms with Gasteiger partial charge in [-0.3, -0.25) is 4.57 Å². The lowest BCUT2D eigenvalue weighted by atomic mass is 9.95. The molecule has 1 aliphatic carbocycles. The average Bonchev–Trinajstić information content (AvgIpc) is 3.28. The molecule has 34 heavy (non-hydrogen) atoms. The normalized spacial score (nSPS) is 14.5. The Morgan fingerprint density at radius 3 is 2.59 bits per heavy atom. The lowest BCUT2D eigenvalue weighted by molar-refractivity contribution is 0.415. The van der Waals surface area contributed by atoms with Crippen molar-refractivity contribution in [2.24, 2.45) is 0 Å². The van der Waals surface area contributed by atoms with Crippen molar-refractivity contribution in [1.29, 1.82) is 0 Å². The highest BCUT2D eigenvalue weighted by molar-refractivity contribution is 5.89. The summed E-state index contributed by atoms with van der Waals surface area (Å²) < 4.78 is 7.70. The third-order valence-corrected chi connectivity index (χ3v) is 6.83. The third-order valence-electron chi connectivity index (χ3n) is 6.83. The first kappa shape index (κ1) is 20.7. The van der Waals surface area contributed by atoms with E-state index in [1.807, 2.05) is 18.3 Å². The Morgan fingerprint density at radius 1 is 0.882 bits per heavy atom. The smallest absolute Gasteiger partial charge is 0.145 e. The fraction of sp³-hybridized carbons (Fsp3) is 0.241. The van der Waals surface area contributed by atoms with Gasteiger partial charge in [-0.05, 0) is 47.9 Å². The highest BCUT2D eigenvalue weighted by Gasteiger charge is 2.18. The molecule has 1 N–H and O–H groups in total. The zero-order chi connectivity index (χ0) is 22.9. The third kappa shape index (κ3) is 3.87. The molecule has 5 aromatic rings. The molecule has 1 aliphatic rings. The summed E-state index contributed by atoms with van der Waals surface area (Å²) in [6, 6.07) is 25.7. The van der Waals surface area contributed by atoms with E-state index >= 15 is 0 Å². The van der Waals surface area contributed by atoms with Gasteiger partial charge >= 0.3 is 0 Å². The van der Waals surface area contributed by atoms with Crippen molar-refractivity contribution in [3.63, 3.8) is 0 Å². The molecule has 1 fully saturated rings. The molecule has 170 valence electrons. The molecule has 5 nitrogen and oxygen atoms in total. The van der Waals surface area contributed by atoms with Gasteiger partial charge in [0.05, 0.1) is 23.8 Å². The molecule has 3 aromatic carbocycles. The van der Waals surface area contributed by atoms with Crippen molar-refractivity contribution >= 4 is 27.6 Å². The van der Waals surface area contributed by atoms with Gasteiger partial charge in [0.1, 0.15) is 17.4 Å². The predicted octanol–water partition coefficient (Wildman–Crippen LogP) is 6.99. The quantitative estimate of drug-likeness (QED) is 0.315. The molecule has 0 spiro atoms. The molecule has 6 rings (SSSR count). The number of pyridine rings is 1. The number of nitrogens with zero attached hydrogens (tertiary/aromatic N) is 3. The summed E-state index contributed by atoms with van der Waals surface area (Å²) in [6.07, 6.45) is 8.23. The fourth-order valence-electron chi connectivity index (χ4n) is 5.06. The molecule has 0 bridgehead atoms. The van der Waals surface area contributed by atoms with E-state index in [1.165, 1.54) is 42.9 Å². The second kappa shape index (κ2) is 8.82. The largest absolute Gasteiger partial charge is 0.497 e. The predicted molar refractivity (Wildman–Crippen MR) is 139 cm³/mol. The lowest BCUT2D eigenvalue weighted by Gasteiger charge is -2.23. The summed E-state index contributed by atoms with van der Waals surface area (Å²) in [5.41, 5.74) is 4.07. The van der Waals surface area contributed by atoms with Gasteiger partial charge in [0, 0.05) is 29.9 Å². The molecule has 0 radical (unpaired) electrons. The van der Waals surface area contributed by atoms with Crippen LogP contribution in [0.1, 0.15) is 32.1 Å². The number of fused-ring (bicyclic) bond motifs is 2. The van der Waals surface area contributed by atoms with Gasteiger partial charge in [0.25, 0.3) is 0 Å². The van der Waals surface area contributed by atoms with E-state index in [4.69, 9.17) is 9.72 Å². The molecule has 0 amide bonds. The number of ether oxygens (including phenoxy) is 1. The number of methoxy groups -OCH3 is 1. The van der Waals surface area contributed by atoms with E-state index in [0.717, 1.165) is 39.7 Å². The van der Waals surface area contributed by atoms with Crippen molar-refractivity contribution in [3.05, 3.63) is 79.0 Å². The number of rotatable bonds is 5. The Labute approximate surface area is 199 Å². The van der Waals surface area contributed by atoms with Gasteiger partial charge in [0.15, 0.2) is 0 Å². The Morgan fingerprint density at radius 2 is 1.74 bits per heavy atom. The highest BCUT2D eigenvalue weighted by atomic mass is 16.5.